The molecule has 0 saturated carbocycles. The van der Waals surface area contributed by atoms with E-state index in [1.807, 2.05) is 29.6 Å². The van der Waals surface area contributed by atoms with Gasteiger partial charge in [-0.1, -0.05) is 32.9 Å². The van der Waals surface area contributed by atoms with Crippen molar-refractivity contribution >= 4 is 40.7 Å². The first kappa shape index (κ1) is 26.1. The van der Waals surface area contributed by atoms with Gasteiger partial charge in [-0.2, -0.15) is 5.10 Å². The van der Waals surface area contributed by atoms with Crippen molar-refractivity contribution in [3.63, 3.8) is 0 Å². The monoisotopic (exact) mass is 549 g/mol. The Labute approximate surface area is 229 Å². The molecule has 38 heavy (non-hydrogen) atoms. The average molecular weight is 550 g/mol. The number of pyridine rings is 1. The van der Waals surface area contributed by atoms with Gasteiger partial charge >= 0.3 is 0 Å². The number of aromatic nitrogens is 3. The van der Waals surface area contributed by atoms with E-state index in [0.29, 0.717) is 11.5 Å². The van der Waals surface area contributed by atoms with E-state index in [-0.39, 0.29) is 47.1 Å². The standard InChI is InChI=1S/C28H28FN5O2S2/c1-28(2,3)26-24-25(21-8-6-14-37-21)38-17-23(36)33(16-22(35)31-15-19-7-4-5-13-30-19)27(24)34(32-26)20-11-9-18(29)10-12-20/h4-14,25H,15-17H2,1-3H3,(H,31,35)/t25-/m0/s1. The van der Waals surface area contributed by atoms with E-state index in [1.54, 1.807) is 34.3 Å². The van der Waals surface area contributed by atoms with Gasteiger partial charge < -0.3 is 5.32 Å². The van der Waals surface area contributed by atoms with Gasteiger partial charge in [-0.3, -0.25) is 19.5 Å². The Balaban J connectivity index is 1.62. The molecule has 0 aliphatic carbocycles. The van der Waals surface area contributed by atoms with Gasteiger partial charge in [0.15, 0.2) is 0 Å². The lowest BCUT2D eigenvalue weighted by atomic mass is 9.88. The van der Waals surface area contributed by atoms with Crippen LogP contribution in [-0.2, 0) is 21.5 Å². The van der Waals surface area contributed by atoms with E-state index in [9.17, 15) is 14.0 Å². The largest absolute Gasteiger partial charge is 0.349 e. The highest BCUT2D eigenvalue weighted by Gasteiger charge is 2.40. The molecule has 0 radical (unpaired) electrons. The number of nitrogens with zero attached hydrogens (tertiary/aromatic N) is 4. The highest BCUT2D eigenvalue weighted by Crippen LogP contribution is 2.49. The minimum atomic E-state index is -0.364. The van der Waals surface area contributed by atoms with Crippen molar-refractivity contribution in [2.75, 3.05) is 17.2 Å². The van der Waals surface area contributed by atoms with Gasteiger partial charge in [-0.25, -0.2) is 9.07 Å². The first-order chi connectivity index (χ1) is 18.2. The molecule has 4 heterocycles. The Morgan fingerprint density at radius 3 is 2.58 bits per heavy atom. The van der Waals surface area contributed by atoms with Crippen LogP contribution in [0.25, 0.3) is 5.69 Å². The minimum Gasteiger partial charge on any atom is -0.349 e. The van der Waals surface area contributed by atoms with Gasteiger partial charge in [0.1, 0.15) is 18.2 Å². The zero-order chi connectivity index (χ0) is 26.9. The second-order valence-electron chi connectivity index (χ2n) is 10.0. The summed E-state index contributed by atoms with van der Waals surface area (Å²) in [6.45, 7) is 6.32. The lowest BCUT2D eigenvalue weighted by Gasteiger charge is -2.24. The van der Waals surface area contributed by atoms with E-state index in [2.05, 4.69) is 37.1 Å². The number of thioether (sulfide) groups is 1. The van der Waals surface area contributed by atoms with Crippen LogP contribution >= 0.6 is 23.1 Å². The first-order valence-electron chi connectivity index (χ1n) is 12.2. The van der Waals surface area contributed by atoms with Crippen molar-refractivity contribution in [2.45, 2.75) is 38.0 Å². The molecule has 1 N–H and O–H groups in total. The summed E-state index contributed by atoms with van der Waals surface area (Å²) in [5, 5.41) is 9.76. The molecule has 3 aromatic heterocycles. The summed E-state index contributed by atoms with van der Waals surface area (Å²) in [5.74, 6) is -0.108. The van der Waals surface area contributed by atoms with E-state index in [0.717, 1.165) is 21.8 Å². The fraction of sp³-hybridized carbons (Fsp3) is 0.286. The molecule has 1 atom stereocenters. The molecule has 196 valence electrons. The van der Waals surface area contributed by atoms with Crippen molar-refractivity contribution in [1.29, 1.82) is 0 Å². The normalized spacial score (nSPS) is 15.7. The molecule has 5 rings (SSSR count). The van der Waals surface area contributed by atoms with Crippen LogP contribution < -0.4 is 10.2 Å². The van der Waals surface area contributed by atoms with E-state index in [1.165, 1.54) is 28.8 Å². The van der Waals surface area contributed by atoms with E-state index in [4.69, 9.17) is 5.10 Å². The Bertz CT molecular complexity index is 1430. The number of carbonyl (C=O) groups is 2. The van der Waals surface area contributed by atoms with Crippen molar-refractivity contribution < 1.29 is 14.0 Å². The molecule has 2 amide bonds. The van der Waals surface area contributed by atoms with Crippen LogP contribution in [0.4, 0.5) is 10.2 Å². The third-order valence-corrected chi connectivity index (χ3v) is 8.49. The van der Waals surface area contributed by atoms with Gasteiger partial charge in [0, 0.05) is 22.1 Å². The van der Waals surface area contributed by atoms with Crippen LogP contribution in [0, 0.1) is 5.82 Å². The highest BCUT2D eigenvalue weighted by atomic mass is 32.2. The smallest absolute Gasteiger partial charge is 0.240 e. The van der Waals surface area contributed by atoms with Crippen LogP contribution in [0.3, 0.4) is 0 Å². The summed E-state index contributed by atoms with van der Waals surface area (Å²) in [6, 6.07) is 15.6. The maximum Gasteiger partial charge on any atom is 0.240 e. The van der Waals surface area contributed by atoms with Crippen molar-refractivity contribution in [2.24, 2.45) is 0 Å². The van der Waals surface area contributed by atoms with Crippen LogP contribution in [-0.4, -0.2) is 38.9 Å². The number of carbonyl (C=O) groups excluding carboxylic acids is 2. The average Bonchev–Trinajstić information content (AvgIpc) is 3.54. The molecule has 1 aromatic carbocycles. The predicted octanol–water partition coefficient (Wildman–Crippen LogP) is 5.25. The maximum absolute atomic E-state index is 13.8. The molecule has 10 heteroatoms. The summed E-state index contributed by atoms with van der Waals surface area (Å²) in [4.78, 5) is 33.6. The zero-order valence-electron chi connectivity index (χ0n) is 21.3. The number of rotatable bonds is 6. The second kappa shape index (κ2) is 10.7. The van der Waals surface area contributed by atoms with Crippen molar-refractivity contribution in [1.82, 2.24) is 20.1 Å². The minimum absolute atomic E-state index is 0.140. The SMILES string of the molecule is CC(C)(C)c1nn(-c2ccc(F)cc2)c2c1[C@H](c1cccs1)SCC(=O)N2CC(=O)NCc1ccccn1. The van der Waals surface area contributed by atoms with Crippen LogP contribution in [0.1, 0.15) is 47.8 Å². The Hall–Kier alpha value is -3.50. The Morgan fingerprint density at radius 1 is 1.13 bits per heavy atom. The Kier molecular flexibility index (Phi) is 7.36. The van der Waals surface area contributed by atoms with Gasteiger partial charge in [0.05, 0.1) is 34.6 Å². The number of hydrogen-bond acceptors (Lipinski definition) is 6. The molecule has 0 unspecified atom stereocenters. The third kappa shape index (κ3) is 5.37. The van der Waals surface area contributed by atoms with Crippen molar-refractivity contribution in [3.05, 3.63) is 93.8 Å². The first-order valence-corrected chi connectivity index (χ1v) is 14.2. The molecule has 0 saturated heterocycles. The summed E-state index contributed by atoms with van der Waals surface area (Å²) in [5.41, 5.74) is 2.71. The molecule has 7 nitrogen and oxygen atoms in total. The number of benzene rings is 1. The Morgan fingerprint density at radius 2 is 1.92 bits per heavy atom. The number of nitrogens with one attached hydrogen (secondary N) is 1. The van der Waals surface area contributed by atoms with Crippen LogP contribution in [0.5, 0.6) is 0 Å². The van der Waals surface area contributed by atoms with Crippen LogP contribution in [0.15, 0.2) is 66.2 Å². The quantitative estimate of drug-likeness (QED) is 0.355. The zero-order valence-corrected chi connectivity index (χ0v) is 23.0. The highest BCUT2D eigenvalue weighted by molar-refractivity contribution is 8.00. The summed E-state index contributed by atoms with van der Waals surface area (Å²) in [6.07, 6.45) is 1.67. The predicted molar refractivity (Wildman–Crippen MR) is 149 cm³/mol. The van der Waals surface area contributed by atoms with Gasteiger partial charge in [0.2, 0.25) is 11.8 Å². The topological polar surface area (TPSA) is 80.1 Å². The summed E-state index contributed by atoms with van der Waals surface area (Å²) >= 11 is 3.17. The van der Waals surface area contributed by atoms with Crippen molar-refractivity contribution in [3.8, 4) is 5.69 Å². The van der Waals surface area contributed by atoms with E-state index >= 15 is 0 Å². The third-order valence-electron chi connectivity index (χ3n) is 6.17. The molecule has 0 bridgehead atoms. The molecule has 1 aliphatic rings. The fourth-order valence-corrected chi connectivity index (χ4v) is 6.57. The molecular weight excluding hydrogens is 521 g/mol. The fourth-order valence-electron chi connectivity index (χ4n) is 4.39. The number of amides is 2. The van der Waals surface area contributed by atoms with Crippen LogP contribution in [0.2, 0.25) is 0 Å². The molecule has 4 aromatic rings. The molecule has 0 spiro atoms. The van der Waals surface area contributed by atoms with E-state index < -0.39 is 0 Å². The summed E-state index contributed by atoms with van der Waals surface area (Å²) < 4.78 is 15.5. The summed E-state index contributed by atoms with van der Waals surface area (Å²) in [7, 11) is 0. The molecule has 1 aliphatic heterocycles. The van der Waals surface area contributed by atoms with Gasteiger partial charge in [-0.05, 0) is 47.8 Å². The number of halogens is 1. The second-order valence-corrected chi connectivity index (χ2v) is 12.1. The number of fused-ring (bicyclic) bond motifs is 1. The van der Waals surface area contributed by atoms with Gasteiger partial charge in [-0.15, -0.1) is 23.1 Å². The number of anilines is 1. The maximum atomic E-state index is 13.8. The number of thiophene rings is 1. The lowest BCUT2D eigenvalue weighted by Crippen LogP contribution is -2.42. The molecular formula is C28H28FN5O2S2. The lowest BCUT2D eigenvalue weighted by molar-refractivity contribution is -0.123. The number of hydrogen-bond donors (Lipinski definition) is 1. The molecule has 0 fully saturated rings. The van der Waals surface area contributed by atoms with Gasteiger partial charge in [0.25, 0.3) is 0 Å².